The van der Waals surface area contributed by atoms with Gasteiger partial charge in [0.1, 0.15) is 24.2 Å². The summed E-state index contributed by atoms with van der Waals surface area (Å²) >= 11 is 9.78. The zero-order chi connectivity index (χ0) is 22.1. The van der Waals surface area contributed by atoms with Gasteiger partial charge in [-0.25, -0.2) is 0 Å². The van der Waals surface area contributed by atoms with Gasteiger partial charge in [-0.3, -0.25) is 14.5 Å². The molecule has 1 aliphatic rings. The number of likely N-dealkylation sites (tertiary alicyclic amines) is 1. The van der Waals surface area contributed by atoms with Gasteiger partial charge in [0.25, 0.3) is 0 Å². The number of ether oxygens (including phenoxy) is 1. The standard InChI is InChI=1S/C23H21BrClNO5/c1-13-10-15(21-12-19(27)14-4-2-5-17(25)22(14)31-21)20(11-16(13)24)30-9-8-26-7-3-6-18(26)23(28)29/h2,4-5,10-12,18H,3,6-9H2,1H3,(H,28,29). The number of rotatable bonds is 6. The lowest BCUT2D eigenvalue weighted by atomic mass is 10.1. The SMILES string of the molecule is Cc1cc(-c2cc(=O)c3cccc(Cl)c3o2)c(OCCN2CCCC2C(=O)O)cc1Br. The second kappa shape index (κ2) is 9.02. The predicted octanol–water partition coefficient (Wildman–Crippen LogP) is 5.11. The van der Waals surface area contributed by atoms with Crippen molar-refractivity contribution in [1.29, 1.82) is 0 Å². The van der Waals surface area contributed by atoms with Crippen molar-refractivity contribution in [3.8, 4) is 17.1 Å². The summed E-state index contributed by atoms with van der Waals surface area (Å²) in [6.45, 7) is 3.48. The number of fused-ring (bicyclic) bond motifs is 1. The van der Waals surface area contributed by atoms with Crippen molar-refractivity contribution in [1.82, 2.24) is 4.90 Å². The highest BCUT2D eigenvalue weighted by Crippen LogP contribution is 2.36. The van der Waals surface area contributed by atoms with E-state index in [-0.39, 0.29) is 5.43 Å². The molecule has 2 aromatic carbocycles. The summed E-state index contributed by atoms with van der Waals surface area (Å²) in [7, 11) is 0. The van der Waals surface area contributed by atoms with Gasteiger partial charge in [0, 0.05) is 17.1 Å². The van der Waals surface area contributed by atoms with Crippen LogP contribution < -0.4 is 10.2 Å². The molecule has 0 bridgehead atoms. The van der Waals surface area contributed by atoms with Crippen LogP contribution in [0.5, 0.6) is 5.75 Å². The van der Waals surface area contributed by atoms with E-state index in [0.29, 0.717) is 52.6 Å². The largest absolute Gasteiger partial charge is 0.491 e. The molecule has 31 heavy (non-hydrogen) atoms. The Balaban J connectivity index is 1.65. The van der Waals surface area contributed by atoms with Gasteiger partial charge >= 0.3 is 5.97 Å². The zero-order valence-electron chi connectivity index (χ0n) is 16.9. The summed E-state index contributed by atoms with van der Waals surface area (Å²) < 4.78 is 12.9. The second-order valence-electron chi connectivity index (χ2n) is 7.57. The van der Waals surface area contributed by atoms with Crippen molar-refractivity contribution >= 4 is 44.5 Å². The Hall–Kier alpha value is -2.35. The lowest BCUT2D eigenvalue weighted by molar-refractivity contribution is -0.142. The monoisotopic (exact) mass is 505 g/mol. The molecule has 6 nitrogen and oxygen atoms in total. The zero-order valence-corrected chi connectivity index (χ0v) is 19.2. The number of hydrogen-bond donors (Lipinski definition) is 1. The van der Waals surface area contributed by atoms with Crippen molar-refractivity contribution in [3.63, 3.8) is 0 Å². The van der Waals surface area contributed by atoms with Crippen LogP contribution in [-0.2, 0) is 4.79 Å². The number of halogens is 2. The lowest BCUT2D eigenvalue weighted by Gasteiger charge is -2.21. The van der Waals surface area contributed by atoms with Crippen LogP contribution in [0.2, 0.25) is 5.02 Å². The topological polar surface area (TPSA) is 80.0 Å². The molecule has 0 saturated carbocycles. The minimum Gasteiger partial charge on any atom is -0.491 e. The molecule has 1 atom stereocenters. The molecule has 0 amide bonds. The molecule has 0 radical (unpaired) electrons. The number of para-hydroxylation sites is 1. The molecule has 1 saturated heterocycles. The maximum atomic E-state index is 12.6. The van der Waals surface area contributed by atoms with E-state index in [0.717, 1.165) is 23.0 Å². The van der Waals surface area contributed by atoms with Crippen LogP contribution in [0.1, 0.15) is 18.4 Å². The van der Waals surface area contributed by atoms with Crippen LogP contribution in [0.4, 0.5) is 0 Å². The van der Waals surface area contributed by atoms with Crippen LogP contribution in [0, 0.1) is 6.92 Å². The molecule has 1 aromatic heterocycles. The molecule has 2 heterocycles. The van der Waals surface area contributed by atoms with Crippen molar-refractivity contribution in [2.75, 3.05) is 19.7 Å². The normalized spacial score (nSPS) is 16.7. The Morgan fingerprint density at radius 3 is 2.94 bits per heavy atom. The smallest absolute Gasteiger partial charge is 0.320 e. The molecule has 3 aromatic rings. The minimum atomic E-state index is -0.800. The average Bonchev–Trinajstić information content (AvgIpc) is 3.20. The van der Waals surface area contributed by atoms with Crippen molar-refractivity contribution < 1.29 is 19.1 Å². The number of aliphatic carboxylic acids is 1. The maximum absolute atomic E-state index is 12.6. The first-order valence-corrected chi connectivity index (χ1v) is 11.1. The van der Waals surface area contributed by atoms with E-state index in [4.69, 9.17) is 20.8 Å². The number of carboxylic acid groups (broad SMARTS) is 1. The second-order valence-corrected chi connectivity index (χ2v) is 8.83. The van der Waals surface area contributed by atoms with Crippen LogP contribution in [0.3, 0.4) is 0 Å². The van der Waals surface area contributed by atoms with Crippen molar-refractivity contribution in [3.05, 3.63) is 61.7 Å². The third kappa shape index (κ3) is 4.49. The molecule has 1 aliphatic heterocycles. The number of benzene rings is 2. The van der Waals surface area contributed by atoms with Gasteiger partial charge in [-0.15, -0.1) is 0 Å². The average molecular weight is 507 g/mol. The summed E-state index contributed by atoms with van der Waals surface area (Å²) in [5, 5.41) is 10.1. The van der Waals surface area contributed by atoms with Crippen molar-refractivity contribution in [2.24, 2.45) is 0 Å². The molecule has 1 unspecified atom stereocenters. The first kappa shape index (κ1) is 21.9. The highest BCUT2D eigenvalue weighted by atomic mass is 79.9. The van der Waals surface area contributed by atoms with Crippen LogP contribution in [0.25, 0.3) is 22.3 Å². The quantitative estimate of drug-likeness (QED) is 0.500. The lowest BCUT2D eigenvalue weighted by Crippen LogP contribution is -2.38. The Bertz CT molecular complexity index is 1210. The number of nitrogens with zero attached hydrogens (tertiary/aromatic N) is 1. The third-order valence-corrected chi connectivity index (χ3v) is 6.67. The molecule has 162 valence electrons. The van der Waals surface area contributed by atoms with Gasteiger partial charge in [0.05, 0.1) is 16.0 Å². The predicted molar refractivity (Wildman–Crippen MR) is 123 cm³/mol. The van der Waals surface area contributed by atoms with Gasteiger partial charge in [-0.2, -0.15) is 0 Å². The van der Waals surface area contributed by atoms with Crippen molar-refractivity contribution in [2.45, 2.75) is 25.8 Å². The summed E-state index contributed by atoms with van der Waals surface area (Å²) in [5.74, 6) is 0.102. The van der Waals surface area contributed by atoms with E-state index in [1.807, 2.05) is 24.0 Å². The number of aryl methyl sites for hydroxylation is 1. The number of hydrogen-bond acceptors (Lipinski definition) is 5. The summed E-state index contributed by atoms with van der Waals surface area (Å²) in [6.07, 6.45) is 1.51. The van der Waals surface area contributed by atoms with Crippen LogP contribution >= 0.6 is 27.5 Å². The molecule has 0 aliphatic carbocycles. The fourth-order valence-corrected chi connectivity index (χ4v) is 4.43. The van der Waals surface area contributed by atoms with E-state index in [9.17, 15) is 14.7 Å². The van der Waals surface area contributed by atoms with E-state index >= 15 is 0 Å². The van der Waals surface area contributed by atoms with Crippen LogP contribution in [-0.4, -0.2) is 41.7 Å². The van der Waals surface area contributed by atoms with Gasteiger partial charge in [0.15, 0.2) is 11.0 Å². The summed E-state index contributed by atoms with van der Waals surface area (Å²) in [5.41, 5.74) is 1.73. The Morgan fingerprint density at radius 2 is 2.16 bits per heavy atom. The fourth-order valence-electron chi connectivity index (χ4n) is 3.90. The maximum Gasteiger partial charge on any atom is 0.320 e. The molecular formula is C23H21BrClNO5. The molecular weight excluding hydrogens is 486 g/mol. The summed E-state index contributed by atoms with van der Waals surface area (Å²) in [4.78, 5) is 26.0. The van der Waals surface area contributed by atoms with E-state index in [1.165, 1.54) is 6.07 Å². The highest BCUT2D eigenvalue weighted by Gasteiger charge is 2.30. The molecule has 8 heteroatoms. The van der Waals surface area contributed by atoms with Gasteiger partial charge in [-0.05, 0) is 56.1 Å². The first-order valence-electron chi connectivity index (χ1n) is 9.97. The van der Waals surface area contributed by atoms with E-state index < -0.39 is 12.0 Å². The number of carbonyl (C=O) groups is 1. The minimum absolute atomic E-state index is 0.188. The third-order valence-electron chi connectivity index (χ3n) is 5.52. The molecule has 1 fully saturated rings. The van der Waals surface area contributed by atoms with Crippen LogP contribution in [0.15, 0.2) is 50.1 Å². The van der Waals surface area contributed by atoms with Gasteiger partial charge < -0.3 is 14.3 Å². The first-order chi connectivity index (χ1) is 14.8. The fraction of sp³-hybridized carbons (Fsp3) is 0.304. The molecule has 4 rings (SSSR count). The Morgan fingerprint density at radius 1 is 1.35 bits per heavy atom. The summed E-state index contributed by atoms with van der Waals surface area (Å²) in [6, 6.07) is 9.76. The number of carboxylic acids is 1. The van der Waals surface area contributed by atoms with Gasteiger partial charge in [-0.1, -0.05) is 33.6 Å². The van der Waals surface area contributed by atoms with E-state index in [1.54, 1.807) is 18.2 Å². The Labute approximate surface area is 192 Å². The molecule has 0 spiro atoms. The van der Waals surface area contributed by atoms with Gasteiger partial charge in [0.2, 0.25) is 0 Å². The Kier molecular flexibility index (Phi) is 6.36. The molecule has 1 N–H and O–H groups in total. The van der Waals surface area contributed by atoms with E-state index in [2.05, 4.69) is 15.9 Å². The highest BCUT2D eigenvalue weighted by molar-refractivity contribution is 9.10.